The Morgan fingerprint density at radius 2 is 1.24 bits per heavy atom. The Hall–Kier alpha value is -5.91. The van der Waals surface area contributed by atoms with E-state index in [0.29, 0.717) is 22.3 Å². The van der Waals surface area contributed by atoms with Crippen molar-refractivity contribution in [1.82, 2.24) is 30.4 Å². The van der Waals surface area contributed by atoms with Gasteiger partial charge in [-0.15, -0.1) is 0 Å². The molecule has 8 rings (SSSR count). The van der Waals surface area contributed by atoms with Crippen LogP contribution in [0.5, 0.6) is 11.5 Å². The molecule has 0 spiro atoms. The van der Waals surface area contributed by atoms with Gasteiger partial charge in [0.2, 0.25) is 0 Å². The molecular formula is C40H42N6O5. The van der Waals surface area contributed by atoms with Crippen LogP contribution in [-0.2, 0) is 13.1 Å². The van der Waals surface area contributed by atoms with Crippen molar-refractivity contribution < 1.29 is 24.6 Å². The predicted octanol–water partition coefficient (Wildman–Crippen LogP) is 5.89. The molecule has 4 heterocycles. The number of phenols is 2. The van der Waals surface area contributed by atoms with Crippen molar-refractivity contribution in [1.29, 1.82) is 0 Å². The van der Waals surface area contributed by atoms with Gasteiger partial charge in [0.25, 0.3) is 17.7 Å². The Morgan fingerprint density at radius 1 is 0.647 bits per heavy atom. The monoisotopic (exact) mass is 686 g/mol. The van der Waals surface area contributed by atoms with Crippen molar-refractivity contribution in [2.45, 2.75) is 33.0 Å². The number of H-pyrrole nitrogens is 2. The second-order valence-electron chi connectivity index (χ2n) is 13.5. The predicted molar refractivity (Wildman–Crippen MR) is 198 cm³/mol. The number of benzene rings is 4. The molecule has 1 atom stereocenters. The highest BCUT2D eigenvalue weighted by atomic mass is 16.3. The van der Waals surface area contributed by atoms with E-state index in [4.69, 9.17) is 0 Å². The molecule has 262 valence electrons. The highest BCUT2D eigenvalue weighted by Gasteiger charge is 2.34. The van der Waals surface area contributed by atoms with Crippen molar-refractivity contribution in [3.05, 3.63) is 129 Å². The molecule has 2 aromatic heterocycles. The number of nitrogens with zero attached hydrogens (tertiary/aromatic N) is 2. The van der Waals surface area contributed by atoms with Crippen LogP contribution in [0.2, 0.25) is 0 Å². The fourth-order valence-electron chi connectivity index (χ4n) is 6.52. The number of hydrogen-bond donors (Lipinski definition) is 6. The summed E-state index contributed by atoms with van der Waals surface area (Å²) in [5.41, 5.74) is 9.03. The van der Waals surface area contributed by atoms with Crippen LogP contribution in [0.1, 0.15) is 70.8 Å². The lowest BCUT2D eigenvalue weighted by atomic mass is 9.94. The van der Waals surface area contributed by atoms with Crippen LogP contribution in [0.3, 0.4) is 0 Å². The molecule has 51 heavy (non-hydrogen) atoms. The maximum atomic E-state index is 12.5. The third kappa shape index (κ3) is 7.21. The first-order valence-corrected chi connectivity index (χ1v) is 16.6. The van der Waals surface area contributed by atoms with E-state index in [1.54, 1.807) is 26.0 Å². The van der Waals surface area contributed by atoms with Crippen LogP contribution in [0, 0.1) is 13.8 Å². The summed E-state index contributed by atoms with van der Waals surface area (Å²) < 4.78 is 0. The Balaban J connectivity index is 0.000000145. The third-order valence-corrected chi connectivity index (χ3v) is 8.91. The number of aromatic amines is 2. The molecule has 2 aliphatic rings. The number of aromatic nitrogens is 2. The van der Waals surface area contributed by atoms with Gasteiger partial charge in [-0.05, 0) is 107 Å². The molecule has 2 aliphatic heterocycles. The third-order valence-electron chi connectivity index (χ3n) is 8.91. The minimum Gasteiger partial charge on any atom is -0.508 e. The van der Waals surface area contributed by atoms with Crippen LogP contribution < -0.4 is 10.6 Å². The van der Waals surface area contributed by atoms with Crippen molar-refractivity contribution in [2.75, 3.05) is 28.2 Å². The highest BCUT2D eigenvalue weighted by molar-refractivity contribution is 6.21. The zero-order chi connectivity index (χ0) is 36.6. The second kappa shape index (κ2) is 14.1. The lowest BCUT2D eigenvalue weighted by Gasteiger charge is -2.17. The largest absolute Gasteiger partial charge is 0.508 e. The number of carbonyl (C=O) groups excluding carboxylic acids is 3. The fraction of sp³-hybridized carbons (Fsp3) is 0.225. The number of carbonyl (C=O) groups is 3. The first-order valence-electron chi connectivity index (χ1n) is 16.6. The summed E-state index contributed by atoms with van der Waals surface area (Å²) in [4.78, 5) is 45.8. The van der Waals surface area contributed by atoms with Crippen LogP contribution in [0.15, 0.2) is 78.9 Å². The van der Waals surface area contributed by atoms with Crippen LogP contribution >= 0.6 is 0 Å². The van der Waals surface area contributed by atoms with Crippen molar-refractivity contribution >= 4 is 39.5 Å². The summed E-state index contributed by atoms with van der Waals surface area (Å²) in [5.74, 6) is -0.694. The Morgan fingerprint density at radius 3 is 1.90 bits per heavy atom. The molecule has 0 saturated heterocycles. The fourth-order valence-corrected chi connectivity index (χ4v) is 6.52. The summed E-state index contributed by atoms with van der Waals surface area (Å²) in [7, 11) is 8.19. The van der Waals surface area contributed by atoms with Gasteiger partial charge >= 0.3 is 0 Å². The molecule has 3 amide bonds. The van der Waals surface area contributed by atoms with E-state index in [2.05, 4.69) is 80.9 Å². The summed E-state index contributed by atoms with van der Waals surface area (Å²) in [6, 6.07) is 24.7. The smallest absolute Gasteiger partial charge is 0.259 e. The molecule has 11 nitrogen and oxygen atoms in total. The van der Waals surface area contributed by atoms with Crippen LogP contribution in [0.25, 0.3) is 21.8 Å². The van der Waals surface area contributed by atoms with E-state index in [-0.39, 0.29) is 29.0 Å². The van der Waals surface area contributed by atoms with Gasteiger partial charge in [0.05, 0.1) is 17.2 Å². The SMILES string of the molecule is CN(C)Cc1cc2ccccc2[nH]1.Cc1cc2c(cc1O)C(=O)NC2=O.Cc1cc2c(cc1O)C(c1c(CN(C)C)[nH]c3ccccc13)NC2=O. The van der Waals surface area contributed by atoms with E-state index in [9.17, 15) is 24.6 Å². The number of aromatic hydroxyl groups is 2. The Kier molecular flexibility index (Phi) is 9.69. The number of hydrogen-bond acceptors (Lipinski definition) is 7. The van der Waals surface area contributed by atoms with Gasteiger partial charge in [0.1, 0.15) is 11.5 Å². The summed E-state index contributed by atoms with van der Waals surface area (Å²) in [6.07, 6.45) is 0. The minimum absolute atomic E-state index is 0.0311. The van der Waals surface area contributed by atoms with Gasteiger partial charge in [-0.1, -0.05) is 36.4 Å². The van der Waals surface area contributed by atoms with Gasteiger partial charge in [-0.2, -0.15) is 0 Å². The molecule has 6 aromatic rings. The maximum absolute atomic E-state index is 12.5. The number of nitrogens with one attached hydrogen (secondary N) is 4. The van der Waals surface area contributed by atoms with Gasteiger partial charge in [-0.25, -0.2) is 0 Å². The second-order valence-corrected chi connectivity index (χ2v) is 13.5. The standard InChI is InChI=1S/C20H21N3O2.C11H14N2.C9H7NO3/c1-11-8-14-13(9-17(11)24)19(22-20(14)25)18-12-6-4-5-7-15(12)21-16(18)10-23(2)3;1-13(2)8-10-7-9-5-3-4-6-11(9)12-10;1-4-2-5-6(3-7(4)11)9(13)10-8(5)12/h4-9,19,21,24H,10H2,1-3H3,(H,22,25);3-7,12H,8H2,1-2H3;2-3,11H,1H3,(H,10,12,13). The van der Waals surface area contributed by atoms with E-state index in [1.165, 1.54) is 28.7 Å². The normalized spacial score (nSPS) is 14.6. The molecule has 0 fully saturated rings. The molecule has 4 aromatic carbocycles. The molecule has 11 heteroatoms. The van der Waals surface area contributed by atoms with Gasteiger partial charge in [-0.3, -0.25) is 19.7 Å². The van der Waals surface area contributed by atoms with E-state index in [1.807, 2.05) is 32.3 Å². The first kappa shape index (κ1) is 34.9. The number of phenolic OH excluding ortho intramolecular Hbond substituents is 2. The summed E-state index contributed by atoms with van der Waals surface area (Å²) in [6.45, 7) is 5.18. The van der Waals surface area contributed by atoms with Gasteiger partial charge < -0.3 is 35.3 Å². The molecule has 6 N–H and O–H groups in total. The zero-order valence-corrected chi connectivity index (χ0v) is 29.5. The molecule has 1 unspecified atom stereocenters. The van der Waals surface area contributed by atoms with Gasteiger partial charge in [0, 0.05) is 52.0 Å². The number of aryl methyl sites for hydroxylation is 2. The number of para-hydroxylation sites is 2. The van der Waals surface area contributed by atoms with Gasteiger partial charge in [0.15, 0.2) is 0 Å². The van der Waals surface area contributed by atoms with Crippen molar-refractivity contribution in [3.63, 3.8) is 0 Å². The number of imide groups is 1. The van der Waals surface area contributed by atoms with E-state index >= 15 is 0 Å². The van der Waals surface area contributed by atoms with E-state index in [0.717, 1.165) is 40.8 Å². The molecule has 0 radical (unpaired) electrons. The minimum atomic E-state index is -0.449. The zero-order valence-electron chi connectivity index (χ0n) is 29.5. The van der Waals surface area contributed by atoms with Crippen LogP contribution in [-0.4, -0.2) is 75.9 Å². The number of rotatable bonds is 5. The number of amides is 3. The lowest BCUT2D eigenvalue weighted by molar-refractivity contribution is 0.0877. The maximum Gasteiger partial charge on any atom is 0.259 e. The summed E-state index contributed by atoms with van der Waals surface area (Å²) >= 11 is 0. The Labute approximate surface area is 295 Å². The van der Waals surface area contributed by atoms with Crippen LogP contribution in [0.4, 0.5) is 0 Å². The molecule has 0 bridgehead atoms. The number of fused-ring (bicyclic) bond motifs is 4. The molecule has 0 aliphatic carbocycles. The topological polar surface area (TPSA) is 154 Å². The first-order chi connectivity index (χ1) is 24.3. The molecule has 0 saturated carbocycles. The quantitative estimate of drug-likeness (QED) is 0.124. The molecular weight excluding hydrogens is 644 g/mol. The summed E-state index contributed by atoms with van der Waals surface area (Å²) in [5, 5.41) is 27.1. The highest BCUT2D eigenvalue weighted by Crippen LogP contribution is 2.39. The average molecular weight is 687 g/mol. The Bertz CT molecular complexity index is 2230. The van der Waals surface area contributed by atoms with E-state index < -0.39 is 11.8 Å². The van der Waals surface area contributed by atoms with Crippen molar-refractivity contribution in [2.24, 2.45) is 0 Å². The van der Waals surface area contributed by atoms with Crippen molar-refractivity contribution in [3.8, 4) is 11.5 Å². The lowest BCUT2D eigenvalue weighted by Crippen LogP contribution is -2.22. The average Bonchev–Trinajstić information content (AvgIpc) is 3.80.